The topological polar surface area (TPSA) is 64.3 Å². The molecule has 0 radical (unpaired) electrons. The third kappa shape index (κ3) is 4.13. The minimum absolute atomic E-state index is 0.378. The van der Waals surface area contributed by atoms with Gasteiger partial charge in [-0.15, -0.1) is 0 Å². The van der Waals surface area contributed by atoms with Crippen LogP contribution in [0.4, 0.5) is 11.4 Å². The van der Waals surface area contributed by atoms with Crippen LogP contribution >= 0.6 is 0 Å². The van der Waals surface area contributed by atoms with Gasteiger partial charge in [0.1, 0.15) is 0 Å². The minimum atomic E-state index is -0.378. The quantitative estimate of drug-likeness (QED) is 0.655. The number of benzene rings is 1. The molecule has 3 N–H and O–H groups in total. The molecule has 0 atom stereocenters. The monoisotopic (exact) mass is 290 g/mol. The van der Waals surface area contributed by atoms with Crippen molar-refractivity contribution in [1.82, 2.24) is 0 Å². The SMILES string of the molecule is COC(=O)c1cc(NC2CCCCCCC2)cc(C)c1N. The molecule has 1 aliphatic rings. The van der Waals surface area contributed by atoms with E-state index in [1.54, 1.807) is 0 Å². The maximum absolute atomic E-state index is 11.8. The zero-order valence-corrected chi connectivity index (χ0v) is 13.1. The van der Waals surface area contributed by atoms with Gasteiger partial charge < -0.3 is 15.8 Å². The number of nitrogens with two attached hydrogens (primary N) is 1. The largest absolute Gasteiger partial charge is 0.465 e. The summed E-state index contributed by atoms with van der Waals surface area (Å²) >= 11 is 0. The first kappa shape index (κ1) is 15.7. The molecule has 0 spiro atoms. The average molecular weight is 290 g/mol. The van der Waals surface area contributed by atoms with Crippen molar-refractivity contribution in [2.75, 3.05) is 18.2 Å². The van der Waals surface area contributed by atoms with Gasteiger partial charge in [-0.05, 0) is 37.5 Å². The zero-order chi connectivity index (χ0) is 15.2. The molecule has 4 nitrogen and oxygen atoms in total. The Morgan fingerprint density at radius 2 is 1.81 bits per heavy atom. The Morgan fingerprint density at radius 1 is 1.19 bits per heavy atom. The van der Waals surface area contributed by atoms with Gasteiger partial charge in [-0.3, -0.25) is 0 Å². The lowest BCUT2D eigenvalue weighted by Crippen LogP contribution is -2.21. The average Bonchev–Trinajstić information content (AvgIpc) is 2.44. The van der Waals surface area contributed by atoms with Gasteiger partial charge in [0, 0.05) is 17.4 Å². The van der Waals surface area contributed by atoms with E-state index >= 15 is 0 Å². The van der Waals surface area contributed by atoms with E-state index in [0.717, 1.165) is 11.3 Å². The van der Waals surface area contributed by atoms with E-state index in [2.05, 4.69) is 5.32 Å². The molecule has 116 valence electrons. The van der Waals surface area contributed by atoms with Crippen molar-refractivity contribution in [2.24, 2.45) is 0 Å². The molecule has 21 heavy (non-hydrogen) atoms. The molecule has 0 unspecified atom stereocenters. The van der Waals surface area contributed by atoms with Crippen LogP contribution in [0.3, 0.4) is 0 Å². The van der Waals surface area contributed by atoms with Crippen LogP contribution in [0, 0.1) is 6.92 Å². The third-order valence-corrected chi connectivity index (χ3v) is 4.27. The fourth-order valence-corrected chi connectivity index (χ4v) is 3.00. The fourth-order valence-electron chi connectivity index (χ4n) is 3.00. The van der Waals surface area contributed by atoms with Crippen LogP contribution < -0.4 is 11.1 Å². The highest BCUT2D eigenvalue weighted by atomic mass is 16.5. The van der Waals surface area contributed by atoms with Gasteiger partial charge in [0.25, 0.3) is 0 Å². The van der Waals surface area contributed by atoms with Crippen molar-refractivity contribution in [3.63, 3.8) is 0 Å². The molecule has 4 heteroatoms. The second-order valence-corrected chi connectivity index (χ2v) is 5.93. The molecule has 1 aliphatic carbocycles. The Bertz CT molecular complexity index is 492. The van der Waals surface area contributed by atoms with E-state index in [0.29, 0.717) is 17.3 Å². The first-order chi connectivity index (χ1) is 10.1. The summed E-state index contributed by atoms with van der Waals surface area (Å²) in [4.78, 5) is 11.8. The molecule has 0 aliphatic heterocycles. The number of nitrogens with one attached hydrogen (secondary N) is 1. The van der Waals surface area contributed by atoms with Crippen LogP contribution in [0.25, 0.3) is 0 Å². The van der Waals surface area contributed by atoms with Crippen molar-refractivity contribution in [3.8, 4) is 0 Å². The number of rotatable bonds is 3. The summed E-state index contributed by atoms with van der Waals surface area (Å²) in [7, 11) is 1.38. The number of hydrogen-bond donors (Lipinski definition) is 2. The molecule has 0 aromatic heterocycles. The number of nitrogen functional groups attached to an aromatic ring is 1. The van der Waals surface area contributed by atoms with Gasteiger partial charge >= 0.3 is 5.97 Å². The van der Waals surface area contributed by atoms with E-state index in [-0.39, 0.29) is 5.97 Å². The summed E-state index contributed by atoms with van der Waals surface area (Å²) in [5.41, 5.74) is 8.81. The highest BCUT2D eigenvalue weighted by molar-refractivity contribution is 5.97. The Hall–Kier alpha value is -1.71. The Morgan fingerprint density at radius 3 is 2.43 bits per heavy atom. The lowest BCUT2D eigenvalue weighted by molar-refractivity contribution is 0.0602. The van der Waals surface area contributed by atoms with Crippen molar-refractivity contribution in [3.05, 3.63) is 23.3 Å². The molecular weight excluding hydrogens is 264 g/mol. The lowest BCUT2D eigenvalue weighted by Gasteiger charge is -2.23. The standard InChI is InChI=1S/C17H26N2O2/c1-12-10-14(11-15(16(12)18)17(20)21-2)19-13-8-6-4-3-5-7-9-13/h10-11,13,19H,3-9,18H2,1-2H3. The van der Waals surface area contributed by atoms with Crippen LogP contribution in [-0.4, -0.2) is 19.1 Å². The van der Waals surface area contributed by atoms with Crippen molar-refractivity contribution < 1.29 is 9.53 Å². The van der Waals surface area contributed by atoms with E-state index in [1.165, 1.54) is 52.1 Å². The zero-order valence-electron chi connectivity index (χ0n) is 13.1. The molecule has 1 aromatic rings. The number of carbonyl (C=O) groups is 1. The number of hydrogen-bond acceptors (Lipinski definition) is 4. The molecule has 0 saturated heterocycles. The molecular formula is C17H26N2O2. The van der Waals surface area contributed by atoms with Crippen LogP contribution in [0.1, 0.15) is 60.9 Å². The molecule has 0 bridgehead atoms. The summed E-state index contributed by atoms with van der Waals surface area (Å²) in [6.45, 7) is 1.92. The Labute approximate surface area is 127 Å². The van der Waals surface area contributed by atoms with Crippen LogP contribution in [0.2, 0.25) is 0 Å². The van der Waals surface area contributed by atoms with E-state index in [1.807, 2.05) is 19.1 Å². The second-order valence-electron chi connectivity index (χ2n) is 5.93. The van der Waals surface area contributed by atoms with Crippen LogP contribution in [0.5, 0.6) is 0 Å². The lowest BCUT2D eigenvalue weighted by atomic mass is 9.96. The van der Waals surface area contributed by atoms with Crippen LogP contribution in [-0.2, 0) is 4.74 Å². The number of methoxy groups -OCH3 is 1. The summed E-state index contributed by atoms with van der Waals surface area (Å²) in [6.07, 6.45) is 8.94. The summed E-state index contributed by atoms with van der Waals surface area (Å²) < 4.78 is 4.81. The highest BCUT2D eigenvalue weighted by Crippen LogP contribution is 2.26. The summed E-state index contributed by atoms with van der Waals surface area (Å²) in [6, 6.07) is 4.31. The maximum atomic E-state index is 11.8. The summed E-state index contributed by atoms with van der Waals surface area (Å²) in [5.74, 6) is -0.378. The van der Waals surface area contributed by atoms with Gasteiger partial charge in [-0.1, -0.05) is 32.1 Å². The van der Waals surface area contributed by atoms with Gasteiger partial charge in [0.2, 0.25) is 0 Å². The number of esters is 1. The molecule has 1 fully saturated rings. The number of ether oxygens (including phenoxy) is 1. The number of aryl methyl sites for hydroxylation is 1. The van der Waals surface area contributed by atoms with Crippen molar-refractivity contribution in [2.45, 2.75) is 57.9 Å². The number of carbonyl (C=O) groups excluding carboxylic acids is 1. The predicted molar refractivity (Wildman–Crippen MR) is 86.7 cm³/mol. The molecule has 1 aromatic carbocycles. The highest BCUT2D eigenvalue weighted by Gasteiger charge is 2.16. The first-order valence-corrected chi connectivity index (χ1v) is 7.87. The molecule has 0 heterocycles. The Balaban J connectivity index is 2.15. The third-order valence-electron chi connectivity index (χ3n) is 4.27. The summed E-state index contributed by atoms with van der Waals surface area (Å²) in [5, 5.41) is 3.57. The minimum Gasteiger partial charge on any atom is -0.465 e. The van der Waals surface area contributed by atoms with Gasteiger partial charge in [-0.2, -0.15) is 0 Å². The van der Waals surface area contributed by atoms with Crippen molar-refractivity contribution in [1.29, 1.82) is 0 Å². The molecule has 0 amide bonds. The van der Waals surface area contributed by atoms with E-state index < -0.39 is 0 Å². The predicted octanol–water partition coefficient (Wildman–Crippen LogP) is 3.89. The first-order valence-electron chi connectivity index (χ1n) is 7.87. The van der Waals surface area contributed by atoms with Crippen LogP contribution in [0.15, 0.2) is 12.1 Å². The number of anilines is 2. The Kier molecular flexibility index (Phi) is 5.48. The van der Waals surface area contributed by atoms with Gasteiger partial charge in [0.05, 0.1) is 12.7 Å². The molecule has 1 saturated carbocycles. The van der Waals surface area contributed by atoms with Gasteiger partial charge in [-0.25, -0.2) is 4.79 Å². The van der Waals surface area contributed by atoms with E-state index in [9.17, 15) is 4.79 Å². The normalized spacial score (nSPS) is 16.9. The second kappa shape index (κ2) is 7.34. The van der Waals surface area contributed by atoms with Gasteiger partial charge in [0.15, 0.2) is 0 Å². The fraction of sp³-hybridized carbons (Fsp3) is 0.588. The smallest absolute Gasteiger partial charge is 0.340 e. The van der Waals surface area contributed by atoms with Crippen molar-refractivity contribution >= 4 is 17.3 Å². The van der Waals surface area contributed by atoms with E-state index in [4.69, 9.17) is 10.5 Å². The maximum Gasteiger partial charge on any atom is 0.340 e. The molecule has 2 rings (SSSR count).